The van der Waals surface area contributed by atoms with E-state index in [-0.39, 0.29) is 4.90 Å². The van der Waals surface area contributed by atoms with Gasteiger partial charge in [-0.3, -0.25) is 9.30 Å². The van der Waals surface area contributed by atoms with Crippen LogP contribution in [0, 0.1) is 0 Å². The number of hydrogen-bond donors (Lipinski definition) is 0. The predicted octanol–water partition coefficient (Wildman–Crippen LogP) is 0.881. The summed E-state index contributed by atoms with van der Waals surface area (Å²) in [6.07, 6.45) is 0. The van der Waals surface area contributed by atoms with Crippen molar-refractivity contribution < 1.29 is 17.9 Å². The van der Waals surface area contributed by atoms with Gasteiger partial charge in [0.2, 0.25) is 0 Å². The highest BCUT2D eigenvalue weighted by atomic mass is 32.2. The highest BCUT2D eigenvalue weighted by molar-refractivity contribution is 7.89. The van der Waals surface area contributed by atoms with Crippen molar-refractivity contribution in [2.75, 3.05) is 26.3 Å². The number of amidine groups is 1. The molecule has 7 heteroatoms. The molecule has 2 heterocycles. The molecule has 0 aliphatic carbocycles. The van der Waals surface area contributed by atoms with Crippen LogP contribution in [0.15, 0.2) is 28.1 Å². The summed E-state index contributed by atoms with van der Waals surface area (Å²) in [6, 6.07) is 4.67. The molecular weight excluding hydrogens is 268 g/mol. The quantitative estimate of drug-likeness (QED) is 0.807. The second-order valence-electron chi connectivity index (χ2n) is 4.31. The molecule has 0 spiro atoms. The summed E-state index contributed by atoms with van der Waals surface area (Å²) in [5.74, 6) is 1.58. The molecule has 0 atom stereocenters. The molecule has 3 rings (SSSR count). The third kappa shape index (κ3) is 2.03. The van der Waals surface area contributed by atoms with Gasteiger partial charge in [-0.15, -0.1) is 0 Å². The van der Waals surface area contributed by atoms with Crippen LogP contribution in [0.5, 0.6) is 11.5 Å². The molecular formula is C12H14N2O4S. The third-order valence-corrected chi connectivity index (χ3v) is 4.98. The minimum Gasteiger partial charge on any atom is -0.486 e. The maximum Gasteiger partial charge on any atom is 0.265 e. The minimum absolute atomic E-state index is 0.202. The molecule has 2 aliphatic heterocycles. The first-order chi connectivity index (χ1) is 9.09. The molecule has 1 aromatic carbocycles. The molecule has 0 saturated heterocycles. The van der Waals surface area contributed by atoms with E-state index in [1.807, 2.05) is 0 Å². The molecule has 0 saturated carbocycles. The van der Waals surface area contributed by atoms with Crippen LogP contribution in [0.25, 0.3) is 0 Å². The first-order valence-electron chi connectivity index (χ1n) is 6.02. The van der Waals surface area contributed by atoms with Crippen LogP contribution in [-0.4, -0.2) is 44.9 Å². The Kier molecular flexibility index (Phi) is 2.85. The number of sulfonamides is 1. The summed E-state index contributed by atoms with van der Waals surface area (Å²) in [5, 5.41) is 0. The number of nitrogens with zero attached hydrogens (tertiary/aromatic N) is 2. The average Bonchev–Trinajstić information content (AvgIpc) is 2.85. The largest absolute Gasteiger partial charge is 0.486 e. The molecule has 102 valence electrons. The molecule has 2 aliphatic rings. The summed E-state index contributed by atoms with van der Waals surface area (Å²) >= 11 is 0. The minimum atomic E-state index is -3.55. The highest BCUT2D eigenvalue weighted by Crippen LogP contribution is 2.33. The van der Waals surface area contributed by atoms with E-state index >= 15 is 0 Å². The summed E-state index contributed by atoms with van der Waals surface area (Å²) in [4.78, 5) is 4.31. The van der Waals surface area contributed by atoms with Gasteiger partial charge in [0.25, 0.3) is 10.0 Å². The lowest BCUT2D eigenvalue weighted by Crippen LogP contribution is -2.32. The molecule has 0 amide bonds. The molecule has 0 radical (unpaired) electrons. The summed E-state index contributed by atoms with van der Waals surface area (Å²) in [6.45, 7) is 3.51. The maximum absolute atomic E-state index is 12.5. The monoisotopic (exact) mass is 282 g/mol. The van der Waals surface area contributed by atoms with Gasteiger partial charge in [-0.1, -0.05) is 0 Å². The van der Waals surface area contributed by atoms with Crippen LogP contribution in [0.3, 0.4) is 0 Å². The SMILES string of the molecule is CC1=NCCN1S(=O)(=O)c1ccc2c(c1)OCCO2. The van der Waals surface area contributed by atoms with Gasteiger partial charge in [0.15, 0.2) is 11.5 Å². The summed E-state index contributed by atoms with van der Waals surface area (Å²) in [5.41, 5.74) is 0. The summed E-state index contributed by atoms with van der Waals surface area (Å²) in [7, 11) is -3.55. The van der Waals surface area contributed by atoms with Gasteiger partial charge in [-0.05, 0) is 19.1 Å². The van der Waals surface area contributed by atoms with Crippen molar-refractivity contribution in [3.8, 4) is 11.5 Å². The lowest BCUT2D eigenvalue weighted by molar-refractivity contribution is 0.171. The van der Waals surface area contributed by atoms with Gasteiger partial charge in [0.1, 0.15) is 19.0 Å². The Morgan fingerprint density at radius 3 is 2.63 bits per heavy atom. The van der Waals surface area contributed by atoms with Crippen molar-refractivity contribution in [2.45, 2.75) is 11.8 Å². The van der Waals surface area contributed by atoms with Gasteiger partial charge in [0.05, 0.1) is 18.0 Å². The molecule has 0 N–H and O–H groups in total. The van der Waals surface area contributed by atoms with Crippen LogP contribution < -0.4 is 9.47 Å². The Bertz CT molecular complexity index is 639. The smallest absolute Gasteiger partial charge is 0.265 e. The van der Waals surface area contributed by atoms with E-state index in [1.54, 1.807) is 13.0 Å². The zero-order chi connectivity index (χ0) is 13.5. The van der Waals surface area contributed by atoms with E-state index in [4.69, 9.17) is 9.47 Å². The van der Waals surface area contributed by atoms with Crippen molar-refractivity contribution in [1.29, 1.82) is 0 Å². The summed E-state index contributed by atoms with van der Waals surface area (Å²) < 4.78 is 37.1. The second kappa shape index (κ2) is 4.41. The van der Waals surface area contributed by atoms with Crippen molar-refractivity contribution in [2.24, 2.45) is 4.99 Å². The van der Waals surface area contributed by atoms with E-state index in [0.717, 1.165) is 0 Å². The normalized spacial score (nSPS) is 18.4. The van der Waals surface area contributed by atoms with Crippen LogP contribution >= 0.6 is 0 Å². The van der Waals surface area contributed by atoms with Crippen LogP contribution in [-0.2, 0) is 10.0 Å². The Morgan fingerprint density at radius 2 is 1.95 bits per heavy atom. The fourth-order valence-corrected chi connectivity index (χ4v) is 3.63. The molecule has 0 bridgehead atoms. The molecule has 0 unspecified atom stereocenters. The van der Waals surface area contributed by atoms with Crippen LogP contribution in [0.2, 0.25) is 0 Å². The number of hydrogen-bond acceptors (Lipinski definition) is 5. The number of ether oxygens (including phenoxy) is 2. The maximum atomic E-state index is 12.5. The molecule has 6 nitrogen and oxygen atoms in total. The first kappa shape index (κ1) is 12.3. The number of aliphatic imine (C=N–C) groups is 1. The Labute approximate surface area is 111 Å². The molecule has 19 heavy (non-hydrogen) atoms. The van der Waals surface area contributed by atoms with Gasteiger partial charge in [-0.2, -0.15) is 0 Å². The number of fused-ring (bicyclic) bond motifs is 1. The van der Waals surface area contributed by atoms with Gasteiger partial charge < -0.3 is 9.47 Å². The number of rotatable bonds is 2. The fourth-order valence-electron chi connectivity index (χ4n) is 2.15. The van der Waals surface area contributed by atoms with Crippen molar-refractivity contribution in [1.82, 2.24) is 4.31 Å². The lowest BCUT2D eigenvalue weighted by atomic mass is 10.3. The van der Waals surface area contributed by atoms with Gasteiger partial charge in [0, 0.05) is 6.07 Å². The zero-order valence-electron chi connectivity index (χ0n) is 10.5. The van der Waals surface area contributed by atoms with Crippen molar-refractivity contribution in [3.63, 3.8) is 0 Å². The third-order valence-electron chi connectivity index (χ3n) is 3.11. The predicted molar refractivity (Wildman–Crippen MR) is 69.3 cm³/mol. The standard InChI is InChI=1S/C12H14N2O4S/c1-9-13-4-5-14(9)19(15,16)10-2-3-11-12(8-10)18-7-6-17-11/h2-3,8H,4-7H2,1H3. The lowest BCUT2D eigenvalue weighted by Gasteiger charge is -2.21. The zero-order valence-corrected chi connectivity index (χ0v) is 11.3. The Morgan fingerprint density at radius 1 is 1.21 bits per heavy atom. The van der Waals surface area contributed by atoms with E-state index in [1.165, 1.54) is 16.4 Å². The van der Waals surface area contributed by atoms with Crippen molar-refractivity contribution in [3.05, 3.63) is 18.2 Å². The van der Waals surface area contributed by atoms with Gasteiger partial charge >= 0.3 is 0 Å². The Balaban J connectivity index is 2.00. The fraction of sp³-hybridized carbons (Fsp3) is 0.417. The second-order valence-corrected chi connectivity index (χ2v) is 6.17. The van der Waals surface area contributed by atoms with Crippen LogP contribution in [0.4, 0.5) is 0 Å². The molecule has 1 aromatic rings. The number of benzene rings is 1. The Hall–Kier alpha value is -1.76. The van der Waals surface area contributed by atoms with E-state index in [0.29, 0.717) is 43.6 Å². The average molecular weight is 282 g/mol. The van der Waals surface area contributed by atoms with E-state index in [2.05, 4.69) is 4.99 Å². The molecule has 0 aromatic heterocycles. The first-order valence-corrected chi connectivity index (χ1v) is 7.46. The van der Waals surface area contributed by atoms with Crippen molar-refractivity contribution >= 4 is 15.9 Å². The van der Waals surface area contributed by atoms with E-state index in [9.17, 15) is 8.42 Å². The van der Waals surface area contributed by atoms with E-state index < -0.39 is 10.0 Å². The highest BCUT2D eigenvalue weighted by Gasteiger charge is 2.29. The topological polar surface area (TPSA) is 68.2 Å². The van der Waals surface area contributed by atoms with Gasteiger partial charge in [-0.25, -0.2) is 8.42 Å². The molecule has 0 fully saturated rings. The van der Waals surface area contributed by atoms with Crippen LogP contribution in [0.1, 0.15) is 6.92 Å².